The molecule has 1 aliphatic rings. The van der Waals surface area contributed by atoms with Crippen molar-refractivity contribution in [2.75, 3.05) is 19.8 Å². The number of rotatable bonds is 17. The summed E-state index contributed by atoms with van der Waals surface area (Å²) >= 11 is 0. The lowest BCUT2D eigenvalue weighted by Gasteiger charge is -2.49. The highest BCUT2D eigenvalue weighted by atomic mass is 28.3. The molecule has 0 bridgehead atoms. The summed E-state index contributed by atoms with van der Waals surface area (Å²) in [6.07, 6.45) is 2.15. The lowest BCUT2D eigenvalue weighted by molar-refractivity contribution is 0.114. The second-order valence-corrected chi connectivity index (χ2v) is 20.5. The summed E-state index contributed by atoms with van der Waals surface area (Å²) < 4.78 is 11.6. The lowest BCUT2D eigenvalue weighted by Crippen LogP contribution is -2.68. The fourth-order valence-electron chi connectivity index (χ4n) is 10.0. The van der Waals surface area contributed by atoms with Crippen LogP contribution >= 0.6 is 0 Å². The van der Waals surface area contributed by atoms with E-state index >= 15 is 0 Å². The van der Waals surface area contributed by atoms with Crippen molar-refractivity contribution in [3.8, 4) is 0 Å². The summed E-state index contributed by atoms with van der Waals surface area (Å²) in [6.45, 7) is 4.63. The maximum atomic E-state index is 6.11. The van der Waals surface area contributed by atoms with Gasteiger partial charge in [0.25, 0.3) is 0 Å². The molecule has 61 heavy (non-hydrogen) atoms. The van der Waals surface area contributed by atoms with E-state index in [0.29, 0.717) is 13.2 Å². The van der Waals surface area contributed by atoms with Crippen LogP contribution in [0.25, 0.3) is 0 Å². The molecule has 3 heteroatoms. The number of aryl methyl sites for hydroxylation is 1. The predicted molar refractivity (Wildman–Crippen MR) is 255 cm³/mol. The number of epoxide rings is 1. The first-order chi connectivity index (χ1) is 30.2. The molecule has 1 atom stereocenters. The Bertz CT molecular complexity index is 2360. The zero-order valence-corrected chi connectivity index (χ0v) is 36.0. The van der Waals surface area contributed by atoms with E-state index in [2.05, 4.69) is 231 Å². The van der Waals surface area contributed by atoms with Gasteiger partial charge in [0, 0.05) is 23.6 Å². The highest BCUT2D eigenvalue weighted by molar-refractivity contribution is 7.05. The van der Waals surface area contributed by atoms with E-state index in [0.717, 1.165) is 19.4 Å². The minimum absolute atomic E-state index is 0.0180. The molecule has 2 nitrogen and oxygen atoms in total. The SMILES string of the molecule is Cc1c(CCCOCC2CO2)ccc([Si](c2ccccc2)(C(c2ccccc2)c2ccccc2)C(c2ccccc2)c2ccccc2)c1C(c1ccccc1)c1ccccc1. The van der Waals surface area contributed by atoms with E-state index < -0.39 is 8.07 Å². The molecule has 0 radical (unpaired) electrons. The predicted octanol–water partition coefficient (Wildman–Crippen LogP) is 11.8. The third kappa shape index (κ3) is 8.60. The second-order valence-electron chi connectivity index (χ2n) is 16.4. The summed E-state index contributed by atoms with van der Waals surface area (Å²) in [6, 6.07) is 84.8. The fourth-order valence-corrected chi connectivity index (χ4v) is 16.7. The van der Waals surface area contributed by atoms with E-state index in [4.69, 9.17) is 9.47 Å². The normalized spacial score (nSPS) is 13.8. The van der Waals surface area contributed by atoms with Gasteiger partial charge in [-0.2, -0.15) is 0 Å². The first kappa shape index (κ1) is 40.3. The van der Waals surface area contributed by atoms with Gasteiger partial charge in [0.05, 0.1) is 13.2 Å². The van der Waals surface area contributed by atoms with Gasteiger partial charge in [-0.15, -0.1) is 0 Å². The van der Waals surface area contributed by atoms with Crippen LogP contribution in [0.1, 0.15) is 73.5 Å². The largest absolute Gasteiger partial charge is 0.379 e. The Hall–Kier alpha value is -6.10. The van der Waals surface area contributed by atoms with Gasteiger partial charge in [0.15, 0.2) is 0 Å². The number of benzene rings is 8. The van der Waals surface area contributed by atoms with Gasteiger partial charge in [-0.25, -0.2) is 0 Å². The lowest BCUT2D eigenvalue weighted by atomic mass is 9.81. The molecule has 0 saturated carbocycles. The highest BCUT2D eigenvalue weighted by Crippen LogP contribution is 2.47. The van der Waals surface area contributed by atoms with Crippen LogP contribution in [0.15, 0.2) is 224 Å². The van der Waals surface area contributed by atoms with Gasteiger partial charge >= 0.3 is 0 Å². The van der Waals surface area contributed by atoms with E-state index in [1.54, 1.807) is 0 Å². The minimum Gasteiger partial charge on any atom is -0.379 e. The topological polar surface area (TPSA) is 21.8 Å². The summed E-state index contributed by atoms with van der Waals surface area (Å²) in [5.74, 6) is -0.0180. The van der Waals surface area contributed by atoms with Crippen molar-refractivity contribution in [1.82, 2.24) is 0 Å². The van der Waals surface area contributed by atoms with Crippen LogP contribution in [0.2, 0.25) is 0 Å². The quantitative estimate of drug-likeness (QED) is 0.0395. The van der Waals surface area contributed by atoms with Crippen molar-refractivity contribution < 1.29 is 9.47 Å². The van der Waals surface area contributed by atoms with Gasteiger partial charge in [-0.3, -0.25) is 0 Å². The van der Waals surface area contributed by atoms with Crippen molar-refractivity contribution in [2.24, 2.45) is 0 Å². The first-order valence-corrected chi connectivity index (χ1v) is 24.1. The molecule has 1 fully saturated rings. The Morgan fingerprint density at radius 1 is 0.492 bits per heavy atom. The molecule has 1 heterocycles. The summed E-state index contributed by atoms with van der Waals surface area (Å²) in [5, 5.41) is 2.88. The van der Waals surface area contributed by atoms with Crippen molar-refractivity contribution in [1.29, 1.82) is 0 Å². The number of hydrogen-bond donors (Lipinski definition) is 0. The molecule has 1 aliphatic heterocycles. The van der Waals surface area contributed by atoms with Crippen LogP contribution in [0.5, 0.6) is 0 Å². The van der Waals surface area contributed by atoms with Gasteiger partial charge in [0.2, 0.25) is 0 Å². The maximum Gasteiger partial charge on any atom is 0.141 e. The molecule has 0 N–H and O–H groups in total. The second kappa shape index (κ2) is 19.1. The van der Waals surface area contributed by atoms with Crippen molar-refractivity contribution in [3.05, 3.63) is 275 Å². The van der Waals surface area contributed by atoms with E-state index in [1.807, 2.05) is 0 Å². The Morgan fingerprint density at radius 2 is 0.869 bits per heavy atom. The monoisotopic (exact) mass is 810 g/mol. The smallest absolute Gasteiger partial charge is 0.141 e. The Balaban J connectivity index is 1.44. The molecule has 1 saturated heterocycles. The van der Waals surface area contributed by atoms with Gasteiger partial charge in [-0.1, -0.05) is 230 Å². The number of ether oxygens (including phenoxy) is 2. The first-order valence-electron chi connectivity index (χ1n) is 21.9. The average molecular weight is 811 g/mol. The molecule has 9 rings (SSSR count). The molecule has 0 aromatic heterocycles. The zero-order valence-electron chi connectivity index (χ0n) is 35.0. The highest BCUT2D eigenvalue weighted by Gasteiger charge is 2.54. The fraction of sp³-hybridized carbons (Fsp3) is 0.172. The number of hydrogen-bond acceptors (Lipinski definition) is 2. The molecule has 302 valence electrons. The van der Waals surface area contributed by atoms with E-state index in [-0.39, 0.29) is 23.1 Å². The van der Waals surface area contributed by atoms with Crippen LogP contribution in [0.3, 0.4) is 0 Å². The Morgan fingerprint density at radius 3 is 1.26 bits per heavy atom. The summed E-state index contributed by atoms with van der Waals surface area (Å²) in [5.41, 5.74) is 12.2. The molecule has 8 aromatic carbocycles. The summed E-state index contributed by atoms with van der Waals surface area (Å²) in [7, 11) is -3.29. The van der Waals surface area contributed by atoms with Crippen LogP contribution in [0, 0.1) is 6.92 Å². The van der Waals surface area contributed by atoms with Gasteiger partial charge in [0.1, 0.15) is 14.2 Å². The molecule has 0 aliphatic carbocycles. The average Bonchev–Trinajstić information content (AvgIpc) is 4.17. The van der Waals surface area contributed by atoms with Crippen LogP contribution in [0.4, 0.5) is 0 Å². The van der Waals surface area contributed by atoms with Crippen molar-refractivity contribution >= 4 is 18.4 Å². The zero-order chi connectivity index (χ0) is 41.3. The van der Waals surface area contributed by atoms with Crippen molar-refractivity contribution in [2.45, 2.75) is 42.9 Å². The van der Waals surface area contributed by atoms with Gasteiger partial charge < -0.3 is 9.47 Å². The molecule has 0 spiro atoms. The van der Waals surface area contributed by atoms with Crippen LogP contribution in [-0.4, -0.2) is 34.0 Å². The van der Waals surface area contributed by atoms with E-state index in [9.17, 15) is 0 Å². The standard InChI is InChI=1S/C58H54O2Si/c1-44-45(36-23-41-59-42-52-43-60-52)39-40-54(55(44)56(46-24-9-2-10-25-46)47-26-11-3-12-27-47)61(53-37-21-8-22-38-53,57(48-28-13-4-14-29-48)49-30-15-5-16-31-49)58(50-32-17-6-18-33-50)51-34-19-7-20-35-51/h2-22,24-35,37-40,52,56-58H,23,36,41-43H2,1H3. The minimum atomic E-state index is -3.29. The van der Waals surface area contributed by atoms with Crippen LogP contribution in [-0.2, 0) is 15.9 Å². The molecular formula is C58H54O2Si. The summed E-state index contributed by atoms with van der Waals surface area (Å²) in [4.78, 5) is 0. The molecule has 8 aromatic rings. The molecular weight excluding hydrogens is 757 g/mol. The maximum absolute atomic E-state index is 6.11. The Labute approximate surface area is 363 Å². The molecule has 0 amide bonds. The van der Waals surface area contributed by atoms with E-state index in [1.165, 1.54) is 60.4 Å². The molecule has 1 unspecified atom stereocenters. The van der Waals surface area contributed by atoms with Crippen molar-refractivity contribution in [3.63, 3.8) is 0 Å². The third-order valence-corrected chi connectivity index (χ3v) is 18.5. The van der Waals surface area contributed by atoms with Crippen LogP contribution < -0.4 is 10.4 Å². The van der Waals surface area contributed by atoms with Gasteiger partial charge in [-0.05, 0) is 75.0 Å². The Kier molecular flexibility index (Phi) is 12.6. The third-order valence-electron chi connectivity index (χ3n) is 12.8.